The van der Waals surface area contributed by atoms with E-state index in [9.17, 15) is 0 Å². The maximum absolute atomic E-state index is 5.98. The predicted molar refractivity (Wildman–Crippen MR) is 235 cm³/mol. The van der Waals surface area contributed by atoms with Crippen LogP contribution in [0.15, 0.2) is 54.6 Å². The first-order valence-corrected chi connectivity index (χ1v) is 24.4. The molecule has 0 spiro atoms. The molecule has 0 unspecified atom stereocenters. The monoisotopic (exact) mass is 822 g/mol. The quantitative estimate of drug-likeness (QED) is 0.0581. The fourth-order valence-corrected chi connectivity index (χ4v) is 12.9. The van der Waals surface area contributed by atoms with E-state index in [-0.39, 0.29) is 0 Å². The Bertz CT molecular complexity index is 1850. The summed E-state index contributed by atoms with van der Waals surface area (Å²) < 4.78 is 22.8. The highest BCUT2D eigenvalue weighted by Crippen LogP contribution is 2.46. The molecule has 4 nitrogen and oxygen atoms in total. The van der Waals surface area contributed by atoms with Gasteiger partial charge in [-0.25, -0.2) is 0 Å². The van der Waals surface area contributed by atoms with Crippen LogP contribution in [0, 0.1) is 17.8 Å². The number of rotatable bonds is 24. The Balaban J connectivity index is 0.826. The molecule has 0 saturated carbocycles. The Morgan fingerprint density at radius 2 is 0.926 bits per heavy atom. The third kappa shape index (κ3) is 10.4. The first-order chi connectivity index (χ1) is 26.5. The van der Waals surface area contributed by atoms with Crippen LogP contribution in [0.25, 0.3) is 39.0 Å². The van der Waals surface area contributed by atoms with Crippen LogP contribution in [0.4, 0.5) is 0 Å². The maximum atomic E-state index is 5.98. The Morgan fingerprint density at radius 1 is 0.500 bits per heavy atom. The van der Waals surface area contributed by atoms with Gasteiger partial charge < -0.3 is 18.9 Å². The van der Waals surface area contributed by atoms with Crippen LogP contribution in [0.5, 0.6) is 0 Å². The molecule has 0 N–H and O–H groups in total. The topological polar surface area (TPSA) is 36.9 Å². The van der Waals surface area contributed by atoms with Gasteiger partial charge in [0.15, 0.2) is 0 Å². The number of hydrogen-bond donors (Lipinski definition) is 0. The Morgan fingerprint density at radius 3 is 1.41 bits per heavy atom. The number of thiophene rings is 5. The molecule has 2 saturated heterocycles. The third-order valence-corrected chi connectivity index (χ3v) is 17.7. The maximum Gasteiger partial charge on any atom is 0.0566 e. The Labute approximate surface area is 343 Å². The molecule has 0 bridgehead atoms. The van der Waals surface area contributed by atoms with Gasteiger partial charge in [-0.3, -0.25) is 0 Å². The average Bonchev–Trinajstić information content (AvgIpc) is 3.99. The molecular weight excluding hydrogens is 765 g/mol. The Hall–Kier alpha value is -1.66. The predicted octanol–water partition coefficient (Wildman–Crippen LogP) is 14.1. The summed E-state index contributed by atoms with van der Waals surface area (Å²) in [7, 11) is 0. The highest BCUT2D eigenvalue weighted by atomic mass is 32.1. The van der Waals surface area contributed by atoms with E-state index in [4.69, 9.17) is 18.9 Å². The number of unbranched alkanes of at least 4 members (excludes halogenated alkanes) is 6. The fraction of sp³-hybridized carbons (Fsp3) is 0.556. The van der Waals surface area contributed by atoms with E-state index in [1.165, 1.54) is 106 Å². The first kappa shape index (κ1) is 40.5. The standard InChI is InChI=1S/C45H58O4S5/c1-4-44(29-48-30-44)27-46-24-12-8-6-10-14-34-16-18-36(50-34)38-20-21-40(52-38)42-26-33(3)43(54-42)41-23-22-39(53-41)37-19-17-35(51-37)15-11-7-9-13-25-47-28-45(5-2)31-49-32-45/h16-23,26H,4-15,24-25,27-32H2,1-3H3. The van der Waals surface area contributed by atoms with Crippen LogP contribution in [0.1, 0.15) is 93.4 Å². The second-order valence-electron chi connectivity index (χ2n) is 15.6. The van der Waals surface area contributed by atoms with E-state index in [1.54, 1.807) is 0 Å². The van der Waals surface area contributed by atoms with E-state index in [0.717, 1.165) is 78.5 Å². The van der Waals surface area contributed by atoms with Gasteiger partial charge in [-0.1, -0.05) is 39.5 Å². The fourth-order valence-electron chi connectivity index (χ4n) is 7.18. The summed E-state index contributed by atoms with van der Waals surface area (Å²) >= 11 is 9.76. The molecule has 0 radical (unpaired) electrons. The summed E-state index contributed by atoms with van der Waals surface area (Å²) in [6.45, 7) is 13.8. The lowest BCUT2D eigenvalue weighted by molar-refractivity contribution is -0.150. The lowest BCUT2D eigenvalue weighted by Gasteiger charge is -2.40. The van der Waals surface area contributed by atoms with Crippen LogP contribution in [0.2, 0.25) is 0 Å². The molecule has 2 fully saturated rings. The molecule has 0 aliphatic carbocycles. The molecule has 0 aromatic carbocycles. The van der Waals surface area contributed by atoms with E-state index in [0.29, 0.717) is 10.8 Å². The second-order valence-corrected chi connectivity index (χ2v) is 21.2. The van der Waals surface area contributed by atoms with Gasteiger partial charge in [0.2, 0.25) is 0 Å². The van der Waals surface area contributed by atoms with Crippen molar-refractivity contribution < 1.29 is 18.9 Å². The van der Waals surface area contributed by atoms with Crippen molar-refractivity contribution in [1.82, 2.24) is 0 Å². The van der Waals surface area contributed by atoms with Crippen molar-refractivity contribution >= 4 is 56.7 Å². The minimum Gasteiger partial charge on any atom is -0.381 e. The highest BCUT2D eigenvalue weighted by molar-refractivity contribution is 7.29. The molecule has 5 aromatic rings. The number of ether oxygens (including phenoxy) is 4. The first-order valence-electron chi connectivity index (χ1n) is 20.3. The molecule has 5 aromatic heterocycles. The largest absolute Gasteiger partial charge is 0.381 e. The summed E-state index contributed by atoms with van der Waals surface area (Å²) in [5, 5.41) is 0. The van der Waals surface area contributed by atoms with Crippen molar-refractivity contribution in [2.75, 3.05) is 52.9 Å². The minimum atomic E-state index is 0.303. The molecule has 54 heavy (non-hydrogen) atoms. The van der Waals surface area contributed by atoms with Gasteiger partial charge in [-0.2, -0.15) is 0 Å². The molecule has 2 aliphatic heterocycles. The van der Waals surface area contributed by atoms with E-state index < -0.39 is 0 Å². The van der Waals surface area contributed by atoms with Gasteiger partial charge in [0.05, 0.1) is 39.6 Å². The lowest BCUT2D eigenvalue weighted by Crippen LogP contribution is -2.45. The number of hydrogen-bond acceptors (Lipinski definition) is 9. The molecule has 0 amide bonds. The van der Waals surface area contributed by atoms with Gasteiger partial charge in [0.25, 0.3) is 0 Å². The van der Waals surface area contributed by atoms with Gasteiger partial charge >= 0.3 is 0 Å². The average molecular weight is 823 g/mol. The SMILES string of the molecule is CCC1(COCCCCCCc2ccc(-c3ccc(-c4cc(C)c(-c5ccc(-c6ccc(CCCCCCOCC7(CC)COC7)s6)s5)s4)s3)s2)COC1. The summed E-state index contributed by atoms with van der Waals surface area (Å²) in [5.74, 6) is 0. The molecular formula is C45H58O4S5. The van der Waals surface area contributed by atoms with Crippen molar-refractivity contribution in [3.63, 3.8) is 0 Å². The highest BCUT2D eigenvalue weighted by Gasteiger charge is 2.37. The van der Waals surface area contributed by atoms with Gasteiger partial charge in [0.1, 0.15) is 0 Å². The molecule has 7 rings (SSSR count). The Kier molecular flexibility index (Phi) is 14.8. The van der Waals surface area contributed by atoms with E-state index >= 15 is 0 Å². The normalized spacial score (nSPS) is 16.1. The van der Waals surface area contributed by atoms with Gasteiger partial charge in [-0.05, 0) is 118 Å². The zero-order valence-electron chi connectivity index (χ0n) is 32.5. The molecule has 2 aliphatic rings. The molecule has 292 valence electrons. The van der Waals surface area contributed by atoms with E-state index in [1.807, 2.05) is 56.7 Å². The van der Waals surface area contributed by atoms with Crippen molar-refractivity contribution in [2.24, 2.45) is 10.8 Å². The smallest absolute Gasteiger partial charge is 0.0566 e. The van der Waals surface area contributed by atoms with Crippen LogP contribution in [-0.2, 0) is 31.8 Å². The summed E-state index contributed by atoms with van der Waals surface area (Å²) in [6.07, 6.45) is 14.5. The molecule has 7 heterocycles. The van der Waals surface area contributed by atoms with Crippen molar-refractivity contribution in [2.45, 2.75) is 97.8 Å². The van der Waals surface area contributed by atoms with Crippen molar-refractivity contribution in [3.8, 4) is 39.0 Å². The second kappa shape index (κ2) is 19.7. The van der Waals surface area contributed by atoms with Crippen LogP contribution < -0.4 is 0 Å². The van der Waals surface area contributed by atoms with E-state index in [2.05, 4.69) is 75.4 Å². The zero-order valence-corrected chi connectivity index (χ0v) is 36.6. The third-order valence-electron chi connectivity index (χ3n) is 11.3. The lowest BCUT2D eigenvalue weighted by atomic mass is 9.84. The van der Waals surface area contributed by atoms with Crippen LogP contribution >= 0.6 is 56.7 Å². The van der Waals surface area contributed by atoms with Crippen LogP contribution in [-0.4, -0.2) is 52.9 Å². The summed E-state index contributed by atoms with van der Waals surface area (Å²) in [5.41, 5.74) is 1.98. The minimum absolute atomic E-state index is 0.303. The molecule has 9 heteroatoms. The molecule has 0 atom stereocenters. The van der Waals surface area contributed by atoms with Crippen molar-refractivity contribution in [1.29, 1.82) is 0 Å². The zero-order chi connectivity index (χ0) is 37.2. The van der Waals surface area contributed by atoms with Crippen LogP contribution in [0.3, 0.4) is 0 Å². The van der Waals surface area contributed by atoms with Gasteiger partial charge in [0, 0.05) is 72.8 Å². The van der Waals surface area contributed by atoms with Crippen molar-refractivity contribution in [3.05, 3.63) is 69.9 Å². The van der Waals surface area contributed by atoms with Gasteiger partial charge in [-0.15, -0.1) is 56.7 Å². The summed E-state index contributed by atoms with van der Waals surface area (Å²) in [4.78, 5) is 14.1. The summed E-state index contributed by atoms with van der Waals surface area (Å²) in [6, 6.07) is 21.1. The number of aryl methyl sites for hydroxylation is 3.